The molecule has 1 unspecified atom stereocenters. The molecule has 0 amide bonds. The van der Waals surface area contributed by atoms with Crippen LogP contribution in [0.25, 0.3) is 0 Å². The zero-order valence-electron chi connectivity index (χ0n) is 10.9. The van der Waals surface area contributed by atoms with Crippen molar-refractivity contribution in [2.75, 3.05) is 0 Å². The summed E-state index contributed by atoms with van der Waals surface area (Å²) in [6.07, 6.45) is -2.76. The van der Waals surface area contributed by atoms with Gasteiger partial charge >= 0.3 is 25.0 Å². The Kier molecular flexibility index (Phi) is 11.4. The Hall–Kier alpha value is 0.227. The van der Waals surface area contributed by atoms with Crippen molar-refractivity contribution in [2.45, 2.75) is 63.0 Å². The molecular formula is C10H17F4LiO3S. The molecule has 9 heteroatoms. The molecule has 0 aliphatic rings. The molecular weight excluding hydrogens is 283 g/mol. The predicted octanol–water partition coefficient (Wildman–Crippen LogP) is 0.514. The van der Waals surface area contributed by atoms with Crippen LogP contribution in [-0.2, 0) is 10.1 Å². The summed E-state index contributed by atoms with van der Waals surface area (Å²) in [5.74, 6) is 0. The van der Waals surface area contributed by atoms with E-state index >= 15 is 0 Å². The van der Waals surface area contributed by atoms with Crippen molar-refractivity contribution in [3.05, 3.63) is 0 Å². The molecule has 0 saturated carbocycles. The van der Waals surface area contributed by atoms with E-state index in [2.05, 4.69) is 0 Å². The third kappa shape index (κ3) is 14.4. The summed E-state index contributed by atoms with van der Waals surface area (Å²) in [5.41, 5.74) is -2.37. The van der Waals surface area contributed by atoms with Crippen molar-refractivity contribution < 1.29 is 49.4 Å². The fourth-order valence-electron chi connectivity index (χ4n) is 1.48. The third-order valence-electron chi connectivity index (χ3n) is 2.45. The molecule has 0 rings (SSSR count). The average molecular weight is 300 g/mol. The molecule has 0 heterocycles. The second kappa shape index (κ2) is 10.0. The standard InChI is InChI=1S/C10H18F4O3S.Li/c11-9(18(15,16)17)7-5-3-1-2-4-6-8-10(12,13)14;/h9H,1-8H2,(H,15,16,17);/q;+1/p-1. The normalized spacial score (nSPS) is 13.9. The van der Waals surface area contributed by atoms with Gasteiger partial charge in [-0.25, -0.2) is 12.8 Å². The van der Waals surface area contributed by atoms with Crippen molar-refractivity contribution >= 4 is 10.1 Å². The molecule has 19 heavy (non-hydrogen) atoms. The first-order valence-corrected chi connectivity index (χ1v) is 7.25. The largest absolute Gasteiger partial charge is 1.00 e. The topological polar surface area (TPSA) is 57.2 Å². The minimum atomic E-state index is -4.86. The van der Waals surface area contributed by atoms with Gasteiger partial charge in [0.25, 0.3) is 0 Å². The maximum atomic E-state index is 12.6. The van der Waals surface area contributed by atoms with Gasteiger partial charge in [-0.3, -0.25) is 0 Å². The first kappa shape index (κ1) is 21.5. The fourth-order valence-corrected chi connectivity index (χ4v) is 1.94. The van der Waals surface area contributed by atoms with Crippen LogP contribution >= 0.6 is 0 Å². The summed E-state index contributed by atoms with van der Waals surface area (Å²) < 4.78 is 78.5. The first-order chi connectivity index (χ1) is 8.13. The Balaban J connectivity index is 0. The van der Waals surface area contributed by atoms with Crippen LogP contribution in [0.15, 0.2) is 0 Å². The van der Waals surface area contributed by atoms with Gasteiger partial charge in [0, 0.05) is 6.42 Å². The summed E-state index contributed by atoms with van der Waals surface area (Å²) in [6, 6.07) is 0. The van der Waals surface area contributed by atoms with Gasteiger partial charge in [-0.2, -0.15) is 13.2 Å². The van der Waals surface area contributed by atoms with Crippen molar-refractivity contribution in [1.82, 2.24) is 0 Å². The van der Waals surface area contributed by atoms with Crippen LogP contribution in [0.4, 0.5) is 17.6 Å². The van der Waals surface area contributed by atoms with Crippen molar-refractivity contribution in [3.8, 4) is 0 Å². The molecule has 110 valence electrons. The van der Waals surface area contributed by atoms with Crippen molar-refractivity contribution in [3.63, 3.8) is 0 Å². The zero-order chi connectivity index (χ0) is 14.2. The minimum Gasteiger partial charge on any atom is -0.746 e. The average Bonchev–Trinajstić information content (AvgIpc) is 2.18. The molecule has 1 atom stereocenters. The van der Waals surface area contributed by atoms with Gasteiger partial charge < -0.3 is 4.55 Å². The van der Waals surface area contributed by atoms with Crippen LogP contribution in [0.1, 0.15) is 51.4 Å². The summed E-state index contributed by atoms with van der Waals surface area (Å²) in [4.78, 5) is 0. The van der Waals surface area contributed by atoms with Crippen molar-refractivity contribution in [1.29, 1.82) is 0 Å². The van der Waals surface area contributed by atoms with E-state index in [-0.39, 0.29) is 38.1 Å². The number of alkyl halides is 4. The second-order valence-corrected chi connectivity index (χ2v) is 5.68. The summed E-state index contributed by atoms with van der Waals surface area (Å²) in [6.45, 7) is 0. The summed E-state index contributed by atoms with van der Waals surface area (Å²) in [5, 5.41) is 0. The van der Waals surface area contributed by atoms with Gasteiger partial charge in [0.1, 0.15) is 10.1 Å². The fraction of sp³-hybridized carbons (Fsp3) is 1.00. The van der Waals surface area contributed by atoms with E-state index in [1.54, 1.807) is 0 Å². The molecule has 0 aromatic carbocycles. The molecule has 3 nitrogen and oxygen atoms in total. The minimum absolute atomic E-state index is 0. The molecule has 0 radical (unpaired) electrons. The Labute approximate surface area is 123 Å². The summed E-state index contributed by atoms with van der Waals surface area (Å²) >= 11 is 0. The van der Waals surface area contributed by atoms with Gasteiger partial charge in [-0.05, 0) is 19.3 Å². The van der Waals surface area contributed by atoms with Crippen LogP contribution in [0.2, 0.25) is 0 Å². The monoisotopic (exact) mass is 300 g/mol. The van der Waals surface area contributed by atoms with Crippen molar-refractivity contribution in [2.24, 2.45) is 0 Å². The first-order valence-electron chi connectivity index (χ1n) is 5.78. The van der Waals surface area contributed by atoms with Crippen LogP contribution < -0.4 is 18.9 Å². The molecule has 0 bridgehead atoms. The molecule has 0 aromatic rings. The van der Waals surface area contributed by atoms with Gasteiger partial charge in [-0.1, -0.05) is 25.7 Å². The molecule has 0 fully saturated rings. The number of rotatable bonds is 9. The molecule has 0 saturated heterocycles. The molecule has 0 aromatic heterocycles. The van der Waals surface area contributed by atoms with E-state index in [1.807, 2.05) is 0 Å². The predicted molar refractivity (Wildman–Crippen MR) is 57.6 cm³/mol. The van der Waals surface area contributed by atoms with E-state index < -0.39 is 28.2 Å². The number of hydrogen-bond donors (Lipinski definition) is 0. The Morgan fingerprint density at radius 2 is 1.37 bits per heavy atom. The van der Waals surface area contributed by atoms with Crippen LogP contribution in [0.3, 0.4) is 0 Å². The van der Waals surface area contributed by atoms with Gasteiger partial charge in [0.15, 0.2) is 5.50 Å². The van der Waals surface area contributed by atoms with E-state index in [4.69, 9.17) is 0 Å². The molecule has 0 aliphatic carbocycles. The quantitative estimate of drug-likeness (QED) is 0.270. The van der Waals surface area contributed by atoms with Crippen LogP contribution in [0, 0.1) is 0 Å². The second-order valence-electron chi connectivity index (χ2n) is 4.18. The van der Waals surface area contributed by atoms with Gasteiger partial charge in [0.2, 0.25) is 0 Å². The summed E-state index contributed by atoms with van der Waals surface area (Å²) in [7, 11) is -4.86. The smallest absolute Gasteiger partial charge is 0.746 e. The maximum Gasteiger partial charge on any atom is 1.00 e. The Morgan fingerprint density at radius 1 is 0.947 bits per heavy atom. The Morgan fingerprint density at radius 3 is 1.79 bits per heavy atom. The van der Waals surface area contributed by atoms with Gasteiger partial charge in [-0.15, -0.1) is 0 Å². The number of halogens is 4. The SMILES string of the molecule is O=S(=O)([O-])C(F)CCCCCCCCC(F)(F)F.[Li+]. The molecule has 0 spiro atoms. The van der Waals surface area contributed by atoms with E-state index in [1.165, 1.54) is 0 Å². The van der Waals surface area contributed by atoms with Crippen LogP contribution in [-0.4, -0.2) is 24.7 Å². The van der Waals surface area contributed by atoms with Gasteiger partial charge in [0.05, 0.1) is 0 Å². The third-order valence-corrected chi connectivity index (χ3v) is 3.32. The number of hydrogen-bond acceptors (Lipinski definition) is 3. The molecule has 0 N–H and O–H groups in total. The number of unbranched alkanes of at least 4 members (excludes halogenated alkanes) is 5. The maximum absolute atomic E-state index is 12.6. The van der Waals surface area contributed by atoms with E-state index in [9.17, 15) is 30.5 Å². The van der Waals surface area contributed by atoms with E-state index in [0.717, 1.165) is 0 Å². The van der Waals surface area contributed by atoms with Crippen LogP contribution in [0.5, 0.6) is 0 Å². The molecule has 0 aliphatic heterocycles. The zero-order valence-corrected chi connectivity index (χ0v) is 11.7. The Bertz CT molecular complexity index is 319. The van der Waals surface area contributed by atoms with E-state index in [0.29, 0.717) is 25.7 Å².